The third-order valence-corrected chi connectivity index (χ3v) is 2.77. The molecule has 1 aromatic carbocycles. The van der Waals surface area contributed by atoms with Crippen LogP contribution in [0.3, 0.4) is 0 Å². The van der Waals surface area contributed by atoms with E-state index in [0.29, 0.717) is 5.69 Å². The zero-order valence-corrected chi connectivity index (χ0v) is 10.6. The second-order valence-corrected chi connectivity index (χ2v) is 3.87. The van der Waals surface area contributed by atoms with Gasteiger partial charge in [0.05, 0.1) is 12.3 Å². The van der Waals surface area contributed by atoms with Gasteiger partial charge in [0.25, 0.3) is 0 Å². The van der Waals surface area contributed by atoms with Crippen LogP contribution < -0.4 is 10.2 Å². The van der Waals surface area contributed by atoms with E-state index in [-0.39, 0.29) is 0 Å². The van der Waals surface area contributed by atoms with E-state index in [9.17, 15) is 0 Å². The Labute approximate surface area is 103 Å². The lowest BCUT2D eigenvalue weighted by atomic mass is 10.3. The summed E-state index contributed by atoms with van der Waals surface area (Å²) in [5, 5.41) is 8.66. The Morgan fingerprint density at radius 3 is 2.35 bits per heavy atom. The summed E-state index contributed by atoms with van der Waals surface area (Å²) in [5.74, 6) is 0.837. The summed E-state index contributed by atoms with van der Waals surface area (Å²) in [6, 6.07) is 7.24. The molecular formula is C13H22N2O2. The Kier molecular flexibility index (Phi) is 6.43. The summed E-state index contributed by atoms with van der Waals surface area (Å²) in [6.45, 7) is 8.32. The number of benzene rings is 1. The van der Waals surface area contributed by atoms with Crippen LogP contribution in [0, 0.1) is 0 Å². The van der Waals surface area contributed by atoms with Crippen LogP contribution in [0.2, 0.25) is 0 Å². The number of hydrogen-bond acceptors (Lipinski definition) is 4. The number of nitrogens with one attached hydrogen (secondary N) is 1. The van der Waals surface area contributed by atoms with Gasteiger partial charge in [-0.15, -0.1) is 0 Å². The number of rotatable bonds is 8. The van der Waals surface area contributed by atoms with E-state index in [4.69, 9.17) is 9.94 Å². The van der Waals surface area contributed by atoms with Crippen LogP contribution in [-0.4, -0.2) is 36.3 Å². The first-order valence-electron chi connectivity index (χ1n) is 6.15. The standard InChI is InChI=1S/C13H22N2O2/c1-3-15(4-2)10-5-11-17-13-8-6-12(14-16)7-9-13/h6-9,14,16H,3-5,10-11H2,1-2H3. The zero-order chi connectivity index (χ0) is 12.5. The van der Waals surface area contributed by atoms with Crippen LogP contribution in [-0.2, 0) is 0 Å². The molecule has 1 aromatic rings. The molecule has 0 saturated carbocycles. The lowest BCUT2D eigenvalue weighted by Crippen LogP contribution is -2.25. The second-order valence-electron chi connectivity index (χ2n) is 3.87. The van der Waals surface area contributed by atoms with Gasteiger partial charge in [0.1, 0.15) is 5.75 Å². The molecule has 0 aliphatic carbocycles. The third kappa shape index (κ3) is 5.06. The van der Waals surface area contributed by atoms with E-state index in [1.807, 2.05) is 12.1 Å². The molecular weight excluding hydrogens is 216 g/mol. The molecule has 96 valence electrons. The summed E-state index contributed by atoms with van der Waals surface area (Å²) in [6.07, 6.45) is 1.03. The van der Waals surface area contributed by atoms with Gasteiger partial charge in [0, 0.05) is 6.54 Å². The topological polar surface area (TPSA) is 44.7 Å². The molecule has 0 bridgehead atoms. The average Bonchev–Trinajstić information content (AvgIpc) is 2.40. The highest BCUT2D eigenvalue weighted by Crippen LogP contribution is 2.15. The average molecular weight is 238 g/mol. The Balaban J connectivity index is 2.21. The molecule has 0 atom stereocenters. The molecule has 0 saturated heterocycles. The molecule has 17 heavy (non-hydrogen) atoms. The van der Waals surface area contributed by atoms with Crippen LogP contribution in [0.15, 0.2) is 24.3 Å². The first-order chi connectivity index (χ1) is 8.30. The first kappa shape index (κ1) is 13.8. The number of nitrogens with zero attached hydrogens (tertiary/aromatic N) is 1. The maximum atomic E-state index is 8.66. The van der Waals surface area contributed by atoms with E-state index in [1.165, 1.54) is 0 Å². The third-order valence-electron chi connectivity index (χ3n) is 2.77. The van der Waals surface area contributed by atoms with E-state index < -0.39 is 0 Å². The van der Waals surface area contributed by atoms with Crippen molar-refractivity contribution in [3.63, 3.8) is 0 Å². The van der Waals surface area contributed by atoms with Gasteiger partial charge in [-0.1, -0.05) is 13.8 Å². The van der Waals surface area contributed by atoms with Crippen molar-refractivity contribution < 1.29 is 9.94 Å². The molecule has 4 heteroatoms. The maximum Gasteiger partial charge on any atom is 0.119 e. The van der Waals surface area contributed by atoms with Crippen molar-refractivity contribution in [3.8, 4) is 5.75 Å². The molecule has 0 aliphatic rings. The van der Waals surface area contributed by atoms with Gasteiger partial charge in [-0.3, -0.25) is 10.7 Å². The van der Waals surface area contributed by atoms with Crippen LogP contribution in [0.25, 0.3) is 0 Å². The minimum Gasteiger partial charge on any atom is -0.494 e. The molecule has 2 N–H and O–H groups in total. The van der Waals surface area contributed by atoms with Crippen molar-refractivity contribution in [2.24, 2.45) is 0 Å². The molecule has 0 heterocycles. The fourth-order valence-corrected chi connectivity index (χ4v) is 1.64. The van der Waals surface area contributed by atoms with E-state index >= 15 is 0 Å². The molecule has 0 aromatic heterocycles. The highest BCUT2D eigenvalue weighted by molar-refractivity contribution is 5.44. The minimum atomic E-state index is 0.667. The molecule has 0 radical (unpaired) electrons. The monoisotopic (exact) mass is 238 g/mol. The minimum absolute atomic E-state index is 0.667. The van der Waals surface area contributed by atoms with Gasteiger partial charge in [0.2, 0.25) is 0 Å². The zero-order valence-electron chi connectivity index (χ0n) is 10.6. The predicted octanol–water partition coefficient (Wildman–Crippen LogP) is 2.60. The molecule has 0 unspecified atom stereocenters. The maximum absolute atomic E-state index is 8.66. The molecule has 0 amide bonds. The number of anilines is 1. The van der Waals surface area contributed by atoms with Crippen molar-refractivity contribution in [1.29, 1.82) is 0 Å². The van der Waals surface area contributed by atoms with E-state index in [1.54, 1.807) is 12.1 Å². The Morgan fingerprint density at radius 1 is 1.18 bits per heavy atom. The lowest BCUT2D eigenvalue weighted by molar-refractivity contribution is 0.249. The van der Waals surface area contributed by atoms with Crippen molar-refractivity contribution in [2.45, 2.75) is 20.3 Å². The van der Waals surface area contributed by atoms with Gasteiger partial charge in [-0.25, -0.2) is 0 Å². The SMILES string of the molecule is CCN(CC)CCCOc1ccc(NO)cc1. The fourth-order valence-electron chi connectivity index (χ4n) is 1.64. The highest BCUT2D eigenvalue weighted by atomic mass is 16.5. The molecule has 0 aliphatic heterocycles. The largest absolute Gasteiger partial charge is 0.494 e. The van der Waals surface area contributed by atoms with Crippen molar-refractivity contribution in [2.75, 3.05) is 31.7 Å². The summed E-state index contributed by atoms with van der Waals surface area (Å²) < 4.78 is 5.61. The molecule has 0 fully saturated rings. The highest BCUT2D eigenvalue weighted by Gasteiger charge is 1.99. The summed E-state index contributed by atoms with van der Waals surface area (Å²) in [4.78, 5) is 2.38. The molecule has 0 spiro atoms. The molecule has 1 rings (SSSR count). The van der Waals surface area contributed by atoms with Gasteiger partial charge >= 0.3 is 0 Å². The Hall–Kier alpha value is -1.26. The van der Waals surface area contributed by atoms with Crippen molar-refractivity contribution in [1.82, 2.24) is 4.90 Å². The van der Waals surface area contributed by atoms with Crippen LogP contribution in [0.5, 0.6) is 5.75 Å². The van der Waals surface area contributed by atoms with Gasteiger partial charge in [0.15, 0.2) is 0 Å². The molecule has 4 nitrogen and oxygen atoms in total. The smallest absolute Gasteiger partial charge is 0.119 e. The number of ether oxygens (including phenoxy) is 1. The van der Waals surface area contributed by atoms with Crippen LogP contribution in [0.1, 0.15) is 20.3 Å². The van der Waals surface area contributed by atoms with Gasteiger partial charge in [-0.2, -0.15) is 0 Å². The number of hydrogen-bond donors (Lipinski definition) is 2. The summed E-state index contributed by atoms with van der Waals surface area (Å²) >= 11 is 0. The Bertz CT molecular complexity index is 297. The quantitative estimate of drug-likeness (QED) is 0.540. The first-order valence-corrected chi connectivity index (χ1v) is 6.15. The van der Waals surface area contributed by atoms with E-state index in [2.05, 4.69) is 24.2 Å². The second kappa shape index (κ2) is 7.92. The lowest BCUT2D eigenvalue weighted by Gasteiger charge is -2.17. The van der Waals surface area contributed by atoms with Crippen molar-refractivity contribution >= 4 is 5.69 Å². The summed E-state index contributed by atoms with van der Waals surface area (Å²) in [7, 11) is 0. The normalized spacial score (nSPS) is 10.6. The van der Waals surface area contributed by atoms with Gasteiger partial charge < -0.3 is 9.64 Å². The van der Waals surface area contributed by atoms with Crippen molar-refractivity contribution in [3.05, 3.63) is 24.3 Å². The van der Waals surface area contributed by atoms with E-state index in [0.717, 1.165) is 38.4 Å². The van der Waals surface area contributed by atoms with Crippen LogP contribution >= 0.6 is 0 Å². The fraction of sp³-hybridized carbons (Fsp3) is 0.538. The summed E-state index contributed by atoms with van der Waals surface area (Å²) in [5.41, 5.74) is 2.76. The predicted molar refractivity (Wildman–Crippen MR) is 69.8 cm³/mol. The van der Waals surface area contributed by atoms with Gasteiger partial charge in [-0.05, 0) is 43.8 Å². The van der Waals surface area contributed by atoms with Crippen LogP contribution in [0.4, 0.5) is 5.69 Å². The Morgan fingerprint density at radius 2 is 1.82 bits per heavy atom.